The van der Waals surface area contributed by atoms with Gasteiger partial charge in [-0.15, -0.1) is 0 Å². The van der Waals surface area contributed by atoms with Crippen molar-refractivity contribution in [1.82, 2.24) is 4.90 Å². The number of benzene rings is 1. The summed E-state index contributed by atoms with van der Waals surface area (Å²) in [6, 6.07) is 8.88. The third kappa shape index (κ3) is 3.66. The number of aliphatic hydroxyl groups excluding tert-OH is 1. The molecule has 1 saturated heterocycles. The lowest BCUT2D eigenvalue weighted by Crippen LogP contribution is -2.40. The van der Waals surface area contributed by atoms with E-state index in [1.165, 1.54) is 0 Å². The van der Waals surface area contributed by atoms with Crippen LogP contribution in [0, 0.1) is 11.3 Å². The lowest BCUT2D eigenvalue weighted by molar-refractivity contribution is 0.0826. The zero-order valence-electron chi connectivity index (χ0n) is 11.6. The molecule has 0 saturated carbocycles. The molecule has 1 aromatic carbocycles. The largest absolute Gasteiger partial charge is 0.395 e. The number of carbonyl (C=O) groups is 1. The topological polar surface area (TPSA) is 64.3 Å². The van der Waals surface area contributed by atoms with Crippen LogP contribution in [-0.4, -0.2) is 41.5 Å². The van der Waals surface area contributed by atoms with E-state index in [0.29, 0.717) is 17.7 Å². The van der Waals surface area contributed by atoms with Crippen molar-refractivity contribution >= 4 is 5.78 Å². The summed E-state index contributed by atoms with van der Waals surface area (Å²) in [6.45, 7) is 1.32. The van der Waals surface area contributed by atoms with Crippen molar-refractivity contribution in [2.75, 3.05) is 19.7 Å². The van der Waals surface area contributed by atoms with E-state index in [1.54, 1.807) is 24.3 Å². The summed E-state index contributed by atoms with van der Waals surface area (Å²) >= 11 is 0. The number of hydrogen-bond acceptors (Lipinski definition) is 4. The van der Waals surface area contributed by atoms with Crippen LogP contribution in [0.3, 0.4) is 0 Å². The Morgan fingerprint density at radius 3 is 2.70 bits per heavy atom. The van der Waals surface area contributed by atoms with Gasteiger partial charge < -0.3 is 5.11 Å². The van der Waals surface area contributed by atoms with E-state index in [2.05, 4.69) is 4.90 Å². The minimum atomic E-state index is 0.0508. The first kappa shape index (κ1) is 14.7. The maximum absolute atomic E-state index is 12.3. The van der Waals surface area contributed by atoms with Crippen molar-refractivity contribution in [3.05, 3.63) is 35.4 Å². The molecule has 1 fully saturated rings. The first-order valence-electron chi connectivity index (χ1n) is 7.13. The van der Waals surface area contributed by atoms with Crippen molar-refractivity contribution in [3.63, 3.8) is 0 Å². The van der Waals surface area contributed by atoms with Gasteiger partial charge in [0, 0.05) is 11.6 Å². The molecule has 106 valence electrons. The van der Waals surface area contributed by atoms with Gasteiger partial charge >= 0.3 is 0 Å². The second-order valence-electron chi connectivity index (χ2n) is 5.27. The number of carbonyl (C=O) groups excluding carboxylic acids is 1. The molecule has 1 aliphatic heterocycles. The summed E-state index contributed by atoms with van der Waals surface area (Å²) in [4.78, 5) is 14.4. The molecule has 1 atom stereocenters. The number of nitrogens with zero attached hydrogens (tertiary/aromatic N) is 2. The van der Waals surface area contributed by atoms with Crippen molar-refractivity contribution < 1.29 is 9.90 Å². The number of hydrogen-bond donors (Lipinski definition) is 1. The summed E-state index contributed by atoms with van der Waals surface area (Å²) in [5.41, 5.74) is 1.19. The minimum Gasteiger partial charge on any atom is -0.395 e. The predicted molar refractivity (Wildman–Crippen MR) is 76.4 cm³/mol. The van der Waals surface area contributed by atoms with E-state index in [9.17, 15) is 9.90 Å². The highest BCUT2D eigenvalue weighted by Crippen LogP contribution is 2.17. The summed E-state index contributed by atoms with van der Waals surface area (Å²) in [5, 5.41) is 18.2. The van der Waals surface area contributed by atoms with E-state index in [-0.39, 0.29) is 18.4 Å². The molecule has 20 heavy (non-hydrogen) atoms. The number of aliphatic hydroxyl groups is 1. The number of nitriles is 1. The Labute approximate surface area is 119 Å². The third-order valence-electron chi connectivity index (χ3n) is 3.89. The molecule has 2 rings (SSSR count). The van der Waals surface area contributed by atoms with Gasteiger partial charge in [-0.3, -0.25) is 9.69 Å². The van der Waals surface area contributed by atoms with Crippen LogP contribution in [0.1, 0.15) is 41.6 Å². The Morgan fingerprint density at radius 2 is 2.05 bits per heavy atom. The molecule has 0 amide bonds. The van der Waals surface area contributed by atoms with Crippen molar-refractivity contribution in [2.24, 2.45) is 0 Å². The number of likely N-dealkylation sites (tertiary alicyclic amines) is 1. The Kier molecular flexibility index (Phi) is 5.28. The van der Waals surface area contributed by atoms with Crippen LogP contribution in [-0.2, 0) is 0 Å². The molecular formula is C16H20N2O2. The Morgan fingerprint density at radius 1 is 1.30 bits per heavy atom. The number of rotatable bonds is 4. The highest BCUT2D eigenvalue weighted by atomic mass is 16.3. The fourth-order valence-electron chi connectivity index (χ4n) is 2.66. The lowest BCUT2D eigenvalue weighted by Gasteiger charge is -2.27. The molecule has 0 aliphatic carbocycles. The second-order valence-corrected chi connectivity index (χ2v) is 5.27. The van der Waals surface area contributed by atoms with Gasteiger partial charge in [0.25, 0.3) is 0 Å². The zero-order chi connectivity index (χ0) is 14.4. The van der Waals surface area contributed by atoms with Crippen LogP contribution in [0.4, 0.5) is 0 Å². The van der Waals surface area contributed by atoms with Crippen molar-refractivity contribution in [2.45, 2.75) is 31.7 Å². The molecule has 1 aliphatic rings. The smallest absolute Gasteiger partial charge is 0.176 e. The molecule has 1 aromatic rings. The molecule has 1 heterocycles. The van der Waals surface area contributed by atoms with Crippen LogP contribution in [0.25, 0.3) is 0 Å². The molecule has 1 N–H and O–H groups in total. The monoisotopic (exact) mass is 272 g/mol. The molecule has 0 spiro atoms. The normalized spacial score (nSPS) is 20.1. The van der Waals surface area contributed by atoms with Gasteiger partial charge in [0.2, 0.25) is 0 Å². The predicted octanol–water partition coefficient (Wildman–Crippen LogP) is 1.98. The molecular weight excluding hydrogens is 252 g/mol. The Bertz CT molecular complexity index is 490. The number of ketones is 1. The lowest BCUT2D eigenvalue weighted by atomic mass is 10.1. The maximum atomic E-state index is 12.3. The van der Waals surface area contributed by atoms with Gasteiger partial charge in [0.15, 0.2) is 5.78 Å². The first-order valence-corrected chi connectivity index (χ1v) is 7.13. The molecule has 0 radical (unpaired) electrons. The van der Waals surface area contributed by atoms with Crippen LogP contribution in [0.15, 0.2) is 24.3 Å². The van der Waals surface area contributed by atoms with Crippen LogP contribution in [0.2, 0.25) is 0 Å². The van der Waals surface area contributed by atoms with E-state index in [4.69, 9.17) is 5.26 Å². The zero-order valence-corrected chi connectivity index (χ0v) is 11.6. The van der Waals surface area contributed by atoms with Gasteiger partial charge in [-0.05, 0) is 31.5 Å². The quantitative estimate of drug-likeness (QED) is 0.851. The summed E-state index contributed by atoms with van der Waals surface area (Å²) in [6.07, 6.45) is 4.32. The minimum absolute atomic E-state index is 0.0508. The second kappa shape index (κ2) is 7.18. The number of Topliss-reactive ketones (excluding diaryl/α,β-unsaturated/α-hetero) is 1. The van der Waals surface area contributed by atoms with E-state index in [1.807, 2.05) is 6.07 Å². The van der Waals surface area contributed by atoms with Crippen molar-refractivity contribution in [1.29, 1.82) is 5.26 Å². The van der Waals surface area contributed by atoms with Crippen LogP contribution < -0.4 is 0 Å². The van der Waals surface area contributed by atoms with Crippen molar-refractivity contribution in [3.8, 4) is 6.07 Å². The van der Waals surface area contributed by atoms with Gasteiger partial charge in [-0.1, -0.05) is 25.0 Å². The molecule has 4 heteroatoms. The van der Waals surface area contributed by atoms with Crippen LogP contribution in [0.5, 0.6) is 0 Å². The maximum Gasteiger partial charge on any atom is 0.176 e. The summed E-state index contributed by atoms with van der Waals surface area (Å²) in [7, 11) is 0. The SMILES string of the molecule is N#Cc1ccc(C(=O)CN2CCCCCC2CO)cc1. The van der Waals surface area contributed by atoms with Crippen LogP contribution >= 0.6 is 0 Å². The average Bonchev–Trinajstić information content (AvgIpc) is 2.72. The average molecular weight is 272 g/mol. The van der Waals surface area contributed by atoms with Gasteiger partial charge in [0.05, 0.1) is 24.8 Å². The molecule has 0 aromatic heterocycles. The third-order valence-corrected chi connectivity index (χ3v) is 3.89. The Hall–Kier alpha value is -1.70. The molecule has 1 unspecified atom stereocenters. The molecule has 0 bridgehead atoms. The first-order chi connectivity index (χ1) is 9.74. The van der Waals surface area contributed by atoms with E-state index < -0.39 is 0 Å². The standard InChI is InChI=1S/C16H20N2O2/c17-10-13-5-7-14(8-6-13)16(20)11-18-9-3-1-2-4-15(18)12-19/h5-8,15,19H,1-4,9,11-12H2. The van der Waals surface area contributed by atoms with Gasteiger partial charge in [-0.2, -0.15) is 5.26 Å². The van der Waals surface area contributed by atoms with E-state index >= 15 is 0 Å². The van der Waals surface area contributed by atoms with Gasteiger partial charge in [-0.25, -0.2) is 0 Å². The summed E-state index contributed by atoms with van der Waals surface area (Å²) in [5.74, 6) is 0.0508. The van der Waals surface area contributed by atoms with Gasteiger partial charge in [0.1, 0.15) is 0 Å². The fourth-order valence-corrected chi connectivity index (χ4v) is 2.66. The fraction of sp³-hybridized carbons (Fsp3) is 0.500. The van der Waals surface area contributed by atoms with E-state index in [0.717, 1.165) is 32.2 Å². The highest BCUT2D eigenvalue weighted by molar-refractivity contribution is 5.97. The Balaban J connectivity index is 2.03. The summed E-state index contributed by atoms with van der Waals surface area (Å²) < 4.78 is 0. The molecule has 4 nitrogen and oxygen atoms in total. The highest BCUT2D eigenvalue weighted by Gasteiger charge is 2.22.